The number of rotatable bonds is 6. The number of nitrogens with zero attached hydrogens (tertiary/aromatic N) is 1. The number of amides is 1. The maximum absolute atomic E-state index is 11.8. The van der Waals surface area contributed by atoms with E-state index in [1.165, 1.54) is 0 Å². The SMILES string of the molecule is Cc1noc(C)c1C(C)CC(=O)NC(C)CCO. The molecular formula is C13H22N2O3. The highest BCUT2D eigenvalue weighted by Crippen LogP contribution is 2.25. The van der Waals surface area contributed by atoms with Gasteiger partial charge in [0.2, 0.25) is 5.91 Å². The van der Waals surface area contributed by atoms with E-state index in [0.29, 0.717) is 12.8 Å². The van der Waals surface area contributed by atoms with E-state index in [1.807, 2.05) is 27.7 Å². The molecule has 2 unspecified atom stereocenters. The van der Waals surface area contributed by atoms with E-state index in [9.17, 15) is 4.79 Å². The lowest BCUT2D eigenvalue weighted by Gasteiger charge is -2.15. The molecule has 2 N–H and O–H groups in total. The summed E-state index contributed by atoms with van der Waals surface area (Å²) in [5.41, 5.74) is 1.86. The lowest BCUT2D eigenvalue weighted by Crippen LogP contribution is -2.33. The van der Waals surface area contributed by atoms with Crippen LogP contribution in [0.15, 0.2) is 4.52 Å². The van der Waals surface area contributed by atoms with E-state index < -0.39 is 0 Å². The first-order chi connectivity index (χ1) is 8.45. The van der Waals surface area contributed by atoms with Crippen molar-refractivity contribution in [3.63, 3.8) is 0 Å². The fourth-order valence-corrected chi connectivity index (χ4v) is 2.17. The monoisotopic (exact) mass is 254 g/mol. The molecule has 5 nitrogen and oxygen atoms in total. The van der Waals surface area contributed by atoms with Gasteiger partial charge < -0.3 is 14.9 Å². The summed E-state index contributed by atoms with van der Waals surface area (Å²) in [6.45, 7) is 7.70. The normalized spacial score (nSPS) is 14.3. The van der Waals surface area contributed by atoms with Crippen molar-refractivity contribution >= 4 is 5.91 Å². The van der Waals surface area contributed by atoms with Crippen molar-refractivity contribution in [2.75, 3.05) is 6.61 Å². The highest BCUT2D eigenvalue weighted by Gasteiger charge is 2.19. The first kappa shape index (κ1) is 14.7. The summed E-state index contributed by atoms with van der Waals surface area (Å²) in [4.78, 5) is 11.8. The number of aromatic nitrogens is 1. The Labute approximate surface area is 108 Å². The molecule has 1 rings (SSSR count). The average Bonchev–Trinajstić information content (AvgIpc) is 2.58. The van der Waals surface area contributed by atoms with Gasteiger partial charge in [0.15, 0.2) is 0 Å². The van der Waals surface area contributed by atoms with Crippen molar-refractivity contribution in [1.29, 1.82) is 0 Å². The molecular weight excluding hydrogens is 232 g/mol. The van der Waals surface area contributed by atoms with Crippen LogP contribution < -0.4 is 5.32 Å². The predicted molar refractivity (Wildman–Crippen MR) is 68.3 cm³/mol. The number of aryl methyl sites for hydroxylation is 2. The number of carbonyl (C=O) groups excluding carboxylic acids is 1. The Morgan fingerprint density at radius 2 is 2.11 bits per heavy atom. The highest BCUT2D eigenvalue weighted by atomic mass is 16.5. The van der Waals surface area contributed by atoms with E-state index >= 15 is 0 Å². The average molecular weight is 254 g/mol. The van der Waals surface area contributed by atoms with E-state index in [1.54, 1.807) is 0 Å². The number of aliphatic hydroxyl groups is 1. The number of hydrogen-bond acceptors (Lipinski definition) is 4. The van der Waals surface area contributed by atoms with Gasteiger partial charge in [-0.05, 0) is 33.1 Å². The summed E-state index contributed by atoms with van der Waals surface area (Å²) >= 11 is 0. The van der Waals surface area contributed by atoms with Gasteiger partial charge in [0.05, 0.1) is 5.69 Å². The molecule has 0 spiro atoms. The minimum atomic E-state index is -0.0107. The van der Waals surface area contributed by atoms with Crippen LogP contribution in [0.25, 0.3) is 0 Å². The van der Waals surface area contributed by atoms with Crippen molar-refractivity contribution in [3.05, 3.63) is 17.0 Å². The Morgan fingerprint density at radius 1 is 1.44 bits per heavy atom. The van der Waals surface area contributed by atoms with Crippen molar-refractivity contribution in [3.8, 4) is 0 Å². The summed E-state index contributed by atoms with van der Waals surface area (Å²) in [7, 11) is 0. The van der Waals surface area contributed by atoms with E-state index in [2.05, 4.69) is 10.5 Å². The molecule has 1 amide bonds. The number of aliphatic hydroxyl groups excluding tert-OH is 1. The van der Waals surface area contributed by atoms with Crippen LogP contribution in [0, 0.1) is 13.8 Å². The second kappa shape index (κ2) is 6.54. The molecule has 0 aliphatic carbocycles. The van der Waals surface area contributed by atoms with Gasteiger partial charge in [0.1, 0.15) is 5.76 Å². The molecule has 0 saturated carbocycles. The van der Waals surface area contributed by atoms with Crippen molar-refractivity contribution in [1.82, 2.24) is 10.5 Å². The van der Waals surface area contributed by atoms with Crippen LogP contribution in [-0.2, 0) is 4.79 Å². The fourth-order valence-electron chi connectivity index (χ4n) is 2.17. The molecule has 102 valence electrons. The second-order valence-corrected chi connectivity index (χ2v) is 4.82. The molecule has 2 atom stereocenters. The van der Waals surface area contributed by atoms with Gasteiger partial charge in [-0.25, -0.2) is 0 Å². The minimum absolute atomic E-state index is 0.000585. The predicted octanol–water partition coefficient (Wildman–Crippen LogP) is 1.67. The summed E-state index contributed by atoms with van der Waals surface area (Å²) in [5.74, 6) is 0.845. The van der Waals surface area contributed by atoms with Crippen LogP contribution >= 0.6 is 0 Å². The summed E-state index contributed by atoms with van der Waals surface area (Å²) < 4.78 is 5.10. The quantitative estimate of drug-likeness (QED) is 0.809. The van der Waals surface area contributed by atoms with Crippen LogP contribution in [0.4, 0.5) is 0 Å². The molecule has 1 aromatic rings. The molecule has 0 aliphatic rings. The Bertz CT molecular complexity index is 381. The van der Waals surface area contributed by atoms with E-state index in [0.717, 1.165) is 17.0 Å². The lowest BCUT2D eigenvalue weighted by atomic mass is 9.96. The number of nitrogens with one attached hydrogen (secondary N) is 1. The molecule has 0 fully saturated rings. The molecule has 0 aliphatic heterocycles. The third-order valence-corrected chi connectivity index (χ3v) is 3.04. The number of carbonyl (C=O) groups is 1. The van der Waals surface area contributed by atoms with Gasteiger partial charge in [0.25, 0.3) is 0 Å². The Hall–Kier alpha value is -1.36. The van der Waals surface area contributed by atoms with Crippen LogP contribution in [0.5, 0.6) is 0 Å². The van der Waals surface area contributed by atoms with Gasteiger partial charge in [-0.2, -0.15) is 0 Å². The van der Waals surface area contributed by atoms with Gasteiger partial charge in [0, 0.05) is 24.6 Å². The zero-order valence-corrected chi connectivity index (χ0v) is 11.5. The lowest BCUT2D eigenvalue weighted by molar-refractivity contribution is -0.122. The topological polar surface area (TPSA) is 75.4 Å². The van der Waals surface area contributed by atoms with Crippen LogP contribution in [0.1, 0.15) is 49.6 Å². The molecule has 0 radical (unpaired) electrons. The molecule has 0 aromatic carbocycles. The smallest absolute Gasteiger partial charge is 0.220 e. The highest BCUT2D eigenvalue weighted by molar-refractivity contribution is 5.77. The second-order valence-electron chi connectivity index (χ2n) is 4.82. The van der Waals surface area contributed by atoms with Crippen molar-refractivity contribution < 1.29 is 14.4 Å². The molecule has 1 aromatic heterocycles. The molecule has 5 heteroatoms. The molecule has 0 saturated heterocycles. The van der Waals surface area contributed by atoms with Crippen molar-refractivity contribution in [2.24, 2.45) is 0 Å². The maximum Gasteiger partial charge on any atom is 0.220 e. The standard InChI is InChI=1S/C13H22N2O3/c1-8(13-10(3)15-18-11(13)4)7-12(17)14-9(2)5-6-16/h8-9,16H,5-7H2,1-4H3,(H,14,17). The third kappa shape index (κ3) is 3.84. The summed E-state index contributed by atoms with van der Waals surface area (Å²) in [6, 6.07) is -0.000585. The van der Waals surface area contributed by atoms with Gasteiger partial charge in [-0.3, -0.25) is 4.79 Å². The van der Waals surface area contributed by atoms with Crippen molar-refractivity contribution in [2.45, 2.75) is 52.5 Å². The molecule has 1 heterocycles. The summed E-state index contributed by atoms with van der Waals surface area (Å²) in [5, 5.41) is 15.5. The Balaban J connectivity index is 2.55. The first-order valence-electron chi connectivity index (χ1n) is 6.28. The summed E-state index contributed by atoms with van der Waals surface area (Å²) in [6.07, 6.45) is 0.976. The maximum atomic E-state index is 11.8. The van der Waals surface area contributed by atoms with Crippen LogP contribution in [0.3, 0.4) is 0 Å². The Kier molecular flexibility index (Phi) is 5.34. The zero-order valence-electron chi connectivity index (χ0n) is 11.5. The minimum Gasteiger partial charge on any atom is -0.396 e. The van der Waals surface area contributed by atoms with E-state index in [-0.39, 0.29) is 24.5 Å². The van der Waals surface area contributed by atoms with Crippen LogP contribution in [-0.4, -0.2) is 28.8 Å². The van der Waals surface area contributed by atoms with E-state index in [4.69, 9.17) is 9.63 Å². The van der Waals surface area contributed by atoms with Gasteiger partial charge in [-0.1, -0.05) is 12.1 Å². The van der Waals surface area contributed by atoms with Crippen LogP contribution in [0.2, 0.25) is 0 Å². The largest absolute Gasteiger partial charge is 0.396 e. The number of hydrogen-bond donors (Lipinski definition) is 2. The van der Waals surface area contributed by atoms with Gasteiger partial charge in [-0.15, -0.1) is 0 Å². The zero-order chi connectivity index (χ0) is 13.7. The fraction of sp³-hybridized carbons (Fsp3) is 0.692. The van der Waals surface area contributed by atoms with Gasteiger partial charge >= 0.3 is 0 Å². The third-order valence-electron chi connectivity index (χ3n) is 3.04. The molecule has 18 heavy (non-hydrogen) atoms. The Morgan fingerprint density at radius 3 is 2.61 bits per heavy atom. The molecule has 0 bridgehead atoms. The first-order valence-corrected chi connectivity index (χ1v) is 6.28.